The molecule has 5 nitrogen and oxygen atoms in total. The fourth-order valence-corrected chi connectivity index (χ4v) is 3.62. The molecule has 5 heteroatoms. The van der Waals surface area contributed by atoms with E-state index in [1.807, 2.05) is 35.2 Å². The summed E-state index contributed by atoms with van der Waals surface area (Å²) >= 11 is 0. The smallest absolute Gasteiger partial charge is 0.317 e. The van der Waals surface area contributed by atoms with Crippen LogP contribution in [0.5, 0.6) is 11.5 Å². The summed E-state index contributed by atoms with van der Waals surface area (Å²) in [6, 6.07) is 14.7. The van der Waals surface area contributed by atoms with E-state index in [1.54, 1.807) is 12.1 Å². The number of amides is 2. The van der Waals surface area contributed by atoms with Crippen molar-refractivity contribution < 1.29 is 15.0 Å². The molecule has 0 bridgehead atoms. The second kappa shape index (κ2) is 8.13. The number of phenolic OH excluding ortho intramolecular Hbond substituents is 2. The Balaban J connectivity index is 1.58. The van der Waals surface area contributed by atoms with Crippen molar-refractivity contribution in [3.8, 4) is 11.5 Å². The number of nitrogens with zero attached hydrogens (tertiary/aromatic N) is 1. The highest BCUT2D eigenvalue weighted by Crippen LogP contribution is 2.35. The first kappa shape index (κ1) is 18.1. The molecular weight excluding hydrogens is 328 g/mol. The Labute approximate surface area is 154 Å². The first-order valence-corrected chi connectivity index (χ1v) is 9.20. The van der Waals surface area contributed by atoms with Gasteiger partial charge in [-0.1, -0.05) is 43.3 Å². The van der Waals surface area contributed by atoms with E-state index in [4.69, 9.17) is 0 Å². The van der Waals surface area contributed by atoms with Gasteiger partial charge in [0, 0.05) is 19.2 Å². The maximum atomic E-state index is 12.6. The second-order valence-corrected chi connectivity index (χ2v) is 6.83. The Morgan fingerprint density at radius 1 is 1.15 bits per heavy atom. The van der Waals surface area contributed by atoms with E-state index in [0.717, 1.165) is 30.4 Å². The van der Waals surface area contributed by atoms with Crippen LogP contribution in [-0.4, -0.2) is 34.2 Å². The Kier molecular flexibility index (Phi) is 5.66. The molecule has 3 N–H and O–H groups in total. The zero-order chi connectivity index (χ0) is 18.5. The van der Waals surface area contributed by atoms with Crippen molar-refractivity contribution in [3.05, 3.63) is 59.7 Å². The van der Waals surface area contributed by atoms with Crippen molar-refractivity contribution >= 4 is 6.03 Å². The molecule has 1 fully saturated rings. The van der Waals surface area contributed by atoms with Crippen molar-refractivity contribution in [2.24, 2.45) is 0 Å². The molecule has 138 valence electrons. The number of phenols is 2. The van der Waals surface area contributed by atoms with E-state index in [0.29, 0.717) is 13.1 Å². The maximum absolute atomic E-state index is 12.6. The first-order valence-electron chi connectivity index (χ1n) is 9.20. The molecule has 3 rings (SSSR count). The van der Waals surface area contributed by atoms with E-state index < -0.39 is 0 Å². The van der Waals surface area contributed by atoms with Gasteiger partial charge in [-0.25, -0.2) is 4.79 Å². The van der Waals surface area contributed by atoms with Crippen LogP contribution in [0.25, 0.3) is 0 Å². The van der Waals surface area contributed by atoms with E-state index in [-0.39, 0.29) is 29.5 Å². The molecule has 0 saturated carbocycles. The average Bonchev–Trinajstić information content (AvgIpc) is 2.67. The fourth-order valence-electron chi connectivity index (χ4n) is 3.62. The van der Waals surface area contributed by atoms with Crippen LogP contribution in [0, 0.1) is 0 Å². The zero-order valence-electron chi connectivity index (χ0n) is 15.1. The molecule has 0 spiro atoms. The van der Waals surface area contributed by atoms with Crippen LogP contribution >= 0.6 is 0 Å². The molecular formula is C21H26N2O3. The van der Waals surface area contributed by atoms with Gasteiger partial charge in [0.2, 0.25) is 0 Å². The lowest BCUT2D eigenvalue weighted by Crippen LogP contribution is -2.45. The summed E-state index contributed by atoms with van der Waals surface area (Å²) in [5.74, 6) is 0.397. The predicted octanol–water partition coefficient (Wildman–Crippen LogP) is 4.14. The molecule has 1 heterocycles. The van der Waals surface area contributed by atoms with Crippen LogP contribution in [0.3, 0.4) is 0 Å². The molecule has 0 aliphatic carbocycles. The third-order valence-electron chi connectivity index (χ3n) is 5.14. The van der Waals surface area contributed by atoms with Gasteiger partial charge < -0.3 is 20.4 Å². The molecule has 26 heavy (non-hydrogen) atoms. The Morgan fingerprint density at radius 2 is 1.85 bits per heavy atom. The number of carbonyl (C=O) groups excluding carboxylic acids is 1. The van der Waals surface area contributed by atoms with Crippen molar-refractivity contribution in [2.45, 2.75) is 38.1 Å². The largest absolute Gasteiger partial charge is 0.508 e. The summed E-state index contributed by atoms with van der Waals surface area (Å²) in [6.07, 6.45) is 2.44. The normalized spacial score (nSPS) is 16.3. The monoisotopic (exact) mass is 354 g/mol. The highest BCUT2D eigenvalue weighted by molar-refractivity contribution is 5.75. The van der Waals surface area contributed by atoms with Crippen molar-refractivity contribution in [1.82, 2.24) is 10.2 Å². The number of piperidine rings is 1. The lowest BCUT2D eigenvalue weighted by molar-refractivity contribution is 0.177. The summed E-state index contributed by atoms with van der Waals surface area (Å²) in [5.41, 5.74) is 1.96. The first-order chi connectivity index (χ1) is 12.6. The summed E-state index contributed by atoms with van der Waals surface area (Å²) < 4.78 is 0. The number of likely N-dealkylation sites (tertiary alicyclic amines) is 1. The Morgan fingerprint density at radius 3 is 2.46 bits per heavy atom. The van der Waals surface area contributed by atoms with Gasteiger partial charge in [0.05, 0.1) is 6.04 Å². The summed E-state index contributed by atoms with van der Waals surface area (Å²) in [7, 11) is 0. The number of hydrogen-bond donors (Lipinski definition) is 3. The summed E-state index contributed by atoms with van der Waals surface area (Å²) in [6.45, 7) is 3.38. The van der Waals surface area contributed by atoms with Gasteiger partial charge in [0.15, 0.2) is 0 Å². The molecule has 0 unspecified atom stereocenters. The molecule has 1 aliphatic rings. The quantitative estimate of drug-likeness (QED) is 0.773. The van der Waals surface area contributed by atoms with Crippen molar-refractivity contribution in [3.63, 3.8) is 0 Å². The van der Waals surface area contributed by atoms with Crippen LogP contribution < -0.4 is 5.32 Å². The fraction of sp³-hybridized carbons (Fsp3) is 0.381. The SMILES string of the molecule is CC[C@H](NC(=O)N1CCC(c2ccc(O)cc2O)CC1)c1ccccc1. The number of benzene rings is 2. The molecule has 2 amide bonds. The molecule has 1 aliphatic heterocycles. The van der Waals surface area contributed by atoms with Crippen LogP contribution in [0.1, 0.15) is 49.3 Å². The minimum absolute atomic E-state index is 0.0163. The number of aromatic hydroxyl groups is 2. The number of nitrogens with one attached hydrogen (secondary N) is 1. The second-order valence-electron chi connectivity index (χ2n) is 6.83. The van der Waals surface area contributed by atoms with Crippen LogP contribution in [0.15, 0.2) is 48.5 Å². The molecule has 1 saturated heterocycles. The van der Waals surface area contributed by atoms with Crippen molar-refractivity contribution in [2.75, 3.05) is 13.1 Å². The lowest BCUT2D eigenvalue weighted by atomic mass is 9.89. The minimum Gasteiger partial charge on any atom is -0.508 e. The van der Waals surface area contributed by atoms with E-state index in [2.05, 4.69) is 12.2 Å². The molecule has 2 aromatic rings. The highest BCUT2D eigenvalue weighted by Gasteiger charge is 2.26. The number of urea groups is 1. The van der Waals surface area contributed by atoms with Gasteiger partial charge in [0.25, 0.3) is 0 Å². The predicted molar refractivity (Wildman–Crippen MR) is 101 cm³/mol. The van der Waals surface area contributed by atoms with Gasteiger partial charge in [-0.05, 0) is 42.4 Å². The van der Waals surface area contributed by atoms with Gasteiger partial charge in [-0.3, -0.25) is 0 Å². The van der Waals surface area contributed by atoms with Crippen LogP contribution in [0.4, 0.5) is 4.79 Å². The highest BCUT2D eigenvalue weighted by atomic mass is 16.3. The lowest BCUT2D eigenvalue weighted by Gasteiger charge is -2.33. The molecule has 1 atom stereocenters. The van der Waals surface area contributed by atoms with Crippen LogP contribution in [0.2, 0.25) is 0 Å². The summed E-state index contributed by atoms with van der Waals surface area (Å²) in [4.78, 5) is 14.5. The maximum Gasteiger partial charge on any atom is 0.317 e. The summed E-state index contributed by atoms with van der Waals surface area (Å²) in [5, 5.41) is 22.6. The van der Waals surface area contributed by atoms with E-state index in [9.17, 15) is 15.0 Å². The molecule has 2 aromatic carbocycles. The van der Waals surface area contributed by atoms with Gasteiger partial charge in [-0.15, -0.1) is 0 Å². The molecule has 0 aromatic heterocycles. The Hall–Kier alpha value is -2.69. The third-order valence-corrected chi connectivity index (χ3v) is 5.14. The van der Waals surface area contributed by atoms with Gasteiger partial charge >= 0.3 is 6.03 Å². The van der Waals surface area contributed by atoms with Crippen molar-refractivity contribution in [1.29, 1.82) is 0 Å². The minimum atomic E-state index is -0.0333. The topological polar surface area (TPSA) is 72.8 Å². The van der Waals surface area contributed by atoms with Crippen LogP contribution in [-0.2, 0) is 0 Å². The van der Waals surface area contributed by atoms with E-state index in [1.165, 1.54) is 6.07 Å². The van der Waals surface area contributed by atoms with E-state index >= 15 is 0 Å². The zero-order valence-corrected chi connectivity index (χ0v) is 15.1. The standard InChI is InChI=1S/C21H26N2O3/c1-2-19(16-6-4-3-5-7-16)22-21(26)23-12-10-15(11-13-23)18-9-8-17(24)14-20(18)25/h3-9,14-15,19,24-25H,2,10-13H2,1H3,(H,22,26)/t19-/m0/s1. The number of rotatable bonds is 4. The van der Waals surface area contributed by atoms with Gasteiger partial charge in [-0.2, -0.15) is 0 Å². The van der Waals surface area contributed by atoms with Gasteiger partial charge in [0.1, 0.15) is 11.5 Å². The average molecular weight is 354 g/mol. The Bertz CT molecular complexity index is 740. The number of carbonyl (C=O) groups is 1. The molecule has 0 radical (unpaired) electrons. The number of hydrogen-bond acceptors (Lipinski definition) is 3. The third kappa shape index (κ3) is 4.10.